The Morgan fingerprint density at radius 2 is 2.08 bits per heavy atom. The van der Waals surface area contributed by atoms with Crippen LogP contribution in [0.4, 0.5) is 0 Å². The van der Waals surface area contributed by atoms with Gasteiger partial charge in [0.15, 0.2) is 9.76 Å². The molecule has 0 aliphatic rings. The highest BCUT2D eigenvalue weighted by Gasteiger charge is 2.00. The van der Waals surface area contributed by atoms with Gasteiger partial charge < -0.3 is 10.2 Å². The summed E-state index contributed by atoms with van der Waals surface area (Å²) in [4.78, 5) is 0. The molecule has 0 heterocycles. The van der Waals surface area contributed by atoms with Gasteiger partial charge in [-0.3, -0.25) is 0 Å². The third-order valence-electron chi connectivity index (χ3n) is 1.86. The Morgan fingerprint density at radius 3 is 2.67 bits per heavy atom. The first-order chi connectivity index (χ1) is 5.81. The first-order valence-electron chi connectivity index (χ1n) is 5.14. The van der Waals surface area contributed by atoms with E-state index < -0.39 is 0 Å². The van der Waals surface area contributed by atoms with E-state index in [1.165, 1.54) is 24.6 Å². The number of rotatable bonds is 8. The highest BCUT2D eigenvalue weighted by Crippen LogP contribution is 1.97. The van der Waals surface area contributed by atoms with E-state index in [0.717, 1.165) is 6.61 Å². The van der Waals surface area contributed by atoms with Crippen LogP contribution in [0.15, 0.2) is 0 Å². The molecule has 0 aliphatic carbocycles. The van der Waals surface area contributed by atoms with E-state index >= 15 is 0 Å². The van der Waals surface area contributed by atoms with Gasteiger partial charge in [0.25, 0.3) is 0 Å². The topological polar surface area (TPSA) is 35.2 Å². The van der Waals surface area contributed by atoms with Crippen molar-refractivity contribution in [3.63, 3.8) is 0 Å². The van der Waals surface area contributed by atoms with Crippen LogP contribution in [0.5, 0.6) is 0 Å². The molecule has 0 rings (SSSR count). The van der Waals surface area contributed by atoms with Crippen LogP contribution >= 0.6 is 0 Å². The van der Waals surface area contributed by atoms with Gasteiger partial charge in [-0.1, -0.05) is 25.9 Å². The van der Waals surface area contributed by atoms with Crippen molar-refractivity contribution < 1.29 is 4.43 Å². The Kier molecular flexibility index (Phi) is 9.72. The van der Waals surface area contributed by atoms with Crippen LogP contribution in [0.2, 0.25) is 18.1 Å². The third-order valence-corrected chi connectivity index (χ3v) is 4.41. The molecule has 0 saturated heterocycles. The fourth-order valence-electron chi connectivity index (χ4n) is 1.12. The predicted octanol–water partition coefficient (Wildman–Crippen LogP) is 0.268. The lowest BCUT2D eigenvalue weighted by atomic mass is 10.3. The molecule has 2 N–H and O–H groups in total. The molecule has 74 valence electrons. The van der Waals surface area contributed by atoms with Gasteiger partial charge >= 0.3 is 0 Å². The van der Waals surface area contributed by atoms with Gasteiger partial charge in [0.2, 0.25) is 0 Å². The lowest BCUT2D eigenvalue weighted by Gasteiger charge is -2.10. The van der Waals surface area contributed by atoms with E-state index in [2.05, 4.69) is 13.8 Å². The predicted molar refractivity (Wildman–Crippen MR) is 61.4 cm³/mol. The first-order valence-corrected chi connectivity index (χ1v) is 8.72. The molecule has 0 radical (unpaired) electrons. The van der Waals surface area contributed by atoms with Crippen LogP contribution in [0, 0.1) is 0 Å². The third kappa shape index (κ3) is 8.45. The van der Waals surface area contributed by atoms with Crippen LogP contribution in [-0.4, -0.2) is 31.9 Å². The maximum Gasteiger partial charge on any atom is 0.161 e. The Balaban J connectivity index is 3.04. The molecule has 2 nitrogen and oxygen atoms in total. The van der Waals surface area contributed by atoms with Crippen LogP contribution < -0.4 is 5.73 Å². The lowest BCUT2D eigenvalue weighted by molar-refractivity contribution is 0.300. The molecule has 0 aromatic heterocycles. The van der Waals surface area contributed by atoms with Gasteiger partial charge in [-0.05, 0) is 12.5 Å². The van der Waals surface area contributed by atoms with Crippen LogP contribution in [0.25, 0.3) is 0 Å². The second-order valence-corrected chi connectivity index (χ2v) is 7.56. The molecule has 0 bridgehead atoms. The zero-order valence-electron chi connectivity index (χ0n) is 8.51. The summed E-state index contributed by atoms with van der Waals surface area (Å²) in [7, 11) is 0.00796. The van der Waals surface area contributed by atoms with Crippen molar-refractivity contribution in [2.24, 2.45) is 5.73 Å². The molecular formula is C8H23NOSi2. The Hall–Kier alpha value is 0.354. The molecule has 0 saturated carbocycles. The van der Waals surface area contributed by atoms with Gasteiger partial charge in [-0.15, -0.1) is 0 Å². The molecule has 0 aliphatic heterocycles. The molecule has 12 heavy (non-hydrogen) atoms. The largest absolute Gasteiger partial charge is 0.422 e. The number of nitrogens with two attached hydrogens (primary N) is 1. The van der Waals surface area contributed by atoms with E-state index in [1.807, 2.05) is 0 Å². The van der Waals surface area contributed by atoms with Gasteiger partial charge in [-0.2, -0.15) is 0 Å². The van der Waals surface area contributed by atoms with Crippen LogP contribution in [0.1, 0.15) is 20.3 Å². The van der Waals surface area contributed by atoms with Crippen LogP contribution in [-0.2, 0) is 4.43 Å². The van der Waals surface area contributed by atoms with Crippen molar-refractivity contribution in [1.82, 2.24) is 0 Å². The smallest absolute Gasteiger partial charge is 0.161 e. The van der Waals surface area contributed by atoms with Gasteiger partial charge in [0.05, 0.1) is 0 Å². The molecule has 0 spiro atoms. The molecule has 4 heteroatoms. The van der Waals surface area contributed by atoms with Gasteiger partial charge in [0.1, 0.15) is 0 Å². The Bertz CT molecular complexity index is 83.1. The number of hydrogen-bond acceptors (Lipinski definition) is 2. The van der Waals surface area contributed by atoms with E-state index in [-0.39, 0.29) is 19.3 Å². The summed E-state index contributed by atoms with van der Waals surface area (Å²) in [5.74, 6) is 0. The zero-order valence-corrected chi connectivity index (χ0v) is 11.3. The molecule has 1 unspecified atom stereocenters. The molecule has 0 aromatic rings. The maximum absolute atomic E-state index is 5.87. The zero-order chi connectivity index (χ0) is 9.23. The summed E-state index contributed by atoms with van der Waals surface area (Å²) in [5.41, 5.74) is 5.87. The minimum atomic E-state index is -0.218. The standard InChI is InChI=1S/C8H23NOSi2/c1-3-11-6-5-8(9)7-10-12-4-2/h8H,3-7,9,11-12H2,1-2H3. The van der Waals surface area contributed by atoms with E-state index in [1.54, 1.807) is 0 Å². The normalized spacial score (nSPS) is 15.2. The average Bonchev–Trinajstić information content (AvgIpc) is 2.06. The van der Waals surface area contributed by atoms with Crippen molar-refractivity contribution in [1.29, 1.82) is 0 Å². The first kappa shape index (κ1) is 12.4. The summed E-state index contributed by atoms with van der Waals surface area (Å²) < 4.78 is 5.50. The summed E-state index contributed by atoms with van der Waals surface area (Å²) in [5, 5.41) is 0. The van der Waals surface area contributed by atoms with E-state index in [0.29, 0.717) is 6.04 Å². The second-order valence-electron chi connectivity index (χ2n) is 3.33. The van der Waals surface area contributed by atoms with E-state index in [4.69, 9.17) is 10.2 Å². The van der Waals surface area contributed by atoms with E-state index in [9.17, 15) is 0 Å². The van der Waals surface area contributed by atoms with Crippen molar-refractivity contribution in [2.45, 2.75) is 44.4 Å². The minimum Gasteiger partial charge on any atom is -0.422 e. The molecule has 0 fully saturated rings. The van der Waals surface area contributed by atoms with Crippen molar-refractivity contribution in [3.8, 4) is 0 Å². The second kappa shape index (κ2) is 9.44. The molecular weight excluding hydrogens is 182 g/mol. The summed E-state index contributed by atoms with van der Waals surface area (Å²) >= 11 is 0. The quantitative estimate of drug-likeness (QED) is 0.456. The molecule has 1 atom stereocenters. The fourth-order valence-corrected chi connectivity index (χ4v) is 3.19. The fraction of sp³-hybridized carbons (Fsp3) is 1.00. The van der Waals surface area contributed by atoms with Crippen molar-refractivity contribution in [2.75, 3.05) is 6.61 Å². The summed E-state index contributed by atoms with van der Waals surface area (Å²) in [6.45, 7) is 5.28. The molecule has 0 amide bonds. The van der Waals surface area contributed by atoms with Crippen LogP contribution in [0.3, 0.4) is 0 Å². The maximum atomic E-state index is 5.87. The Labute approximate surface area is 81.0 Å². The van der Waals surface area contributed by atoms with Gasteiger partial charge in [0, 0.05) is 22.2 Å². The lowest BCUT2D eigenvalue weighted by Crippen LogP contribution is -2.27. The molecule has 0 aromatic carbocycles. The summed E-state index contributed by atoms with van der Waals surface area (Å²) in [6, 6.07) is 4.37. The van der Waals surface area contributed by atoms with Gasteiger partial charge in [-0.25, -0.2) is 0 Å². The minimum absolute atomic E-state index is 0.218. The SMILES string of the molecule is CC[SiH2]CCC(N)CO[SiH2]CC. The summed E-state index contributed by atoms with van der Waals surface area (Å²) in [6.07, 6.45) is 1.19. The van der Waals surface area contributed by atoms with Crippen molar-refractivity contribution in [3.05, 3.63) is 0 Å². The Morgan fingerprint density at radius 1 is 1.33 bits per heavy atom. The average molecular weight is 205 g/mol. The number of hydrogen-bond donors (Lipinski definition) is 1. The monoisotopic (exact) mass is 205 g/mol. The highest BCUT2D eigenvalue weighted by molar-refractivity contribution is 6.35. The highest BCUT2D eigenvalue weighted by atomic mass is 28.2. The van der Waals surface area contributed by atoms with Crippen molar-refractivity contribution >= 4 is 19.3 Å².